The first-order valence-electron chi connectivity index (χ1n) is 7.82. The molecule has 0 saturated carbocycles. The molecule has 1 heterocycles. The van der Waals surface area contributed by atoms with Crippen LogP contribution < -0.4 is 4.72 Å². The van der Waals surface area contributed by atoms with E-state index in [1.807, 2.05) is 19.1 Å². The SMILES string of the molecule is CC(C)Cc1ccc(C(C)NS(=O)(=O)N2CCOCC2)cc1. The third kappa shape index (κ3) is 4.78. The van der Waals surface area contributed by atoms with E-state index < -0.39 is 10.2 Å². The lowest BCUT2D eigenvalue weighted by Crippen LogP contribution is -2.47. The number of hydrogen-bond acceptors (Lipinski definition) is 3. The molecule has 1 aromatic carbocycles. The van der Waals surface area contributed by atoms with Gasteiger partial charge < -0.3 is 4.74 Å². The number of nitrogens with zero attached hydrogens (tertiary/aromatic N) is 1. The van der Waals surface area contributed by atoms with Crippen LogP contribution in [0.2, 0.25) is 0 Å². The predicted molar refractivity (Wildman–Crippen MR) is 87.8 cm³/mol. The standard InChI is InChI=1S/C16H26N2O3S/c1-13(2)12-15-4-6-16(7-5-15)14(3)17-22(19,20)18-8-10-21-11-9-18/h4-7,13-14,17H,8-12H2,1-3H3. The van der Waals surface area contributed by atoms with Crippen molar-refractivity contribution in [1.82, 2.24) is 9.03 Å². The van der Waals surface area contributed by atoms with Crippen molar-refractivity contribution < 1.29 is 13.2 Å². The van der Waals surface area contributed by atoms with Gasteiger partial charge in [-0.25, -0.2) is 0 Å². The Labute approximate surface area is 133 Å². The summed E-state index contributed by atoms with van der Waals surface area (Å²) in [6.45, 7) is 7.98. The Morgan fingerprint density at radius 1 is 1.14 bits per heavy atom. The van der Waals surface area contributed by atoms with Gasteiger partial charge in [-0.1, -0.05) is 38.1 Å². The van der Waals surface area contributed by atoms with Crippen LogP contribution in [0.15, 0.2) is 24.3 Å². The van der Waals surface area contributed by atoms with Crippen LogP contribution in [0.5, 0.6) is 0 Å². The van der Waals surface area contributed by atoms with E-state index in [9.17, 15) is 8.42 Å². The largest absolute Gasteiger partial charge is 0.379 e. The molecule has 0 bridgehead atoms. The summed E-state index contributed by atoms with van der Waals surface area (Å²) >= 11 is 0. The Morgan fingerprint density at radius 3 is 2.27 bits per heavy atom. The molecule has 5 nitrogen and oxygen atoms in total. The van der Waals surface area contributed by atoms with Gasteiger partial charge in [-0.3, -0.25) is 0 Å². The van der Waals surface area contributed by atoms with Gasteiger partial charge in [0.15, 0.2) is 0 Å². The fourth-order valence-electron chi connectivity index (χ4n) is 2.57. The number of nitrogens with one attached hydrogen (secondary N) is 1. The Kier molecular flexibility index (Phi) is 5.97. The van der Waals surface area contributed by atoms with E-state index in [-0.39, 0.29) is 6.04 Å². The van der Waals surface area contributed by atoms with Crippen molar-refractivity contribution in [1.29, 1.82) is 0 Å². The van der Waals surface area contributed by atoms with E-state index in [4.69, 9.17) is 4.74 Å². The van der Waals surface area contributed by atoms with E-state index in [1.54, 1.807) is 0 Å². The summed E-state index contributed by atoms with van der Waals surface area (Å²) in [5.74, 6) is 0.614. The molecule has 124 valence electrons. The molecule has 1 fully saturated rings. The van der Waals surface area contributed by atoms with Gasteiger partial charge in [0, 0.05) is 19.1 Å². The first kappa shape index (κ1) is 17.4. The summed E-state index contributed by atoms with van der Waals surface area (Å²) in [4.78, 5) is 0. The van der Waals surface area contributed by atoms with Gasteiger partial charge in [-0.05, 0) is 30.4 Å². The lowest BCUT2D eigenvalue weighted by atomic mass is 10.0. The van der Waals surface area contributed by atoms with Crippen molar-refractivity contribution in [2.45, 2.75) is 33.2 Å². The molecule has 1 saturated heterocycles. The van der Waals surface area contributed by atoms with Gasteiger partial charge >= 0.3 is 0 Å². The molecule has 1 aliphatic heterocycles. The van der Waals surface area contributed by atoms with Crippen molar-refractivity contribution in [2.75, 3.05) is 26.3 Å². The van der Waals surface area contributed by atoms with Crippen LogP contribution in [-0.4, -0.2) is 39.0 Å². The first-order chi connectivity index (χ1) is 10.4. The topological polar surface area (TPSA) is 58.6 Å². The molecule has 1 unspecified atom stereocenters. The Balaban J connectivity index is 2.00. The number of morpholine rings is 1. The van der Waals surface area contributed by atoms with Crippen LogP contribution in [0.3, 0.4) is 0 Å². The monoisotopic (exact) mass is 326 g/mol. The van der Waals surface area contributed by atoms with Gasteiger partial charge in [0.1, 0.15) is 0 Å². The number of rotatable bonds is 6. The second-order valence-electron chi connectivity index (χ2n) is 6.20. The van der Waals surface area contributed by atoms with Crippen LogP contribution in [0, 0.1) is 5.92 Å². The Bertz CT molecular complexity index is 564. The van der Waals surface area contributed by atoms with Crippen molar-refractivity contribution in [3.63, 3.8) is 0 Å². The van der Waals surface area contributed by atoms with Crippen molar-refractivity contribution in [2.24, 2.45) is 5.92 Å². The zero-order chi connectivity index (χ0) is 16.2. The maximum absolute atomic E-state index is 12.3. The minimum atomic E-state index is -3.46. The van der Waals surface area contributed by atoms with Gasteiger partial charge in [0.05, 0.1) is 13.2 Å². The highest BCUT2D eigenvalue weighted by atomic mass is 32.2. The fraction of sp³-hybridized carbons (Fsp3) is 0.625. The van der Waals surface area contributed by atoms with Crippen molar-refractivity contribution >= 4 is 10.2 Å². The molecule has 22 heavy (non-hydrogen) atoms. The molecule has 1 atom stereocenters. The summed E-state index contributed by atoms with van der Waals surface area (Å²) in [5, 5.41) is 0. The zero-order valence-corrected chi connectivity index (χ0v) is 14.4. The normalized spacial score (nSPS) is 18.5. The maximum Gasteiger partial charge on any atom is 0.280 e. The quantitative estimate of drug-likeness (QED) is 0.871. The van der Waals surface area contributed by atoms with E-state index in [2.05, 4.69) is 30.7 Å². The molecule has 6 heteroatoms. The molecular weight excluding hydrogens is 300 g/mol. The molecule has 1 N–H and O–H groups in total. The maximum atomic E-state index is 12.3. The van der Waals surface area contributed by atoms with Crippen LogP contribution in [0.4, 0.5) is 0 Å². The van der Waals surface area contributed by atoms with Gasteiger partial charge in [-0.2, -0.15) is 17.4 Å². The van der Waals surface area contributed by atoms with Crippen LogP contribution in [0.1, 0.15) is 37.9 Å². The third-order valence-electron chi connectivity index (χ3n) is 3.76. The highest BCUT2D eigenvalue weighted by Gasteiger charge is 2.26. The van der Waals surface area contributed by atoms with Crippen LogP contribution in [-0.2, 0) is 21.4 Å². The molecule has 0 amide bonds. The molecular formula is C16H26N2O3S. The average molecular weight is 326 g/mol. The lowest BCUT2D eigenvalue weighted by molar-refractivity contribution is 0.0723. The Morgan fingerprint density at radius 2 is 1.73 bits per heavy atom. The van der Waals surface area contributed by atoms with E-state index in [0.717, 1.165) is 12.0 Å². The molecule has 0 aliphatic carbocycles. The summed E-state index contributed by atoms with van der Waals surface area (Å²) < 4.78 is 34.1. The molecule has 1 aromatic rings. The van der Waals surface area contributed by atoms with E-state index >= 15 is 0 Å². The minimum absolute atomic E-state index is 0.249. The average Bonchev–Trinajstić information content (AvgIpc) is 2.48. The highest BCUT2D eigenvalue weighted by Crippen LogP contribution is 2.17. The van der Waals surface area contributed by atoms with Crippen molar-refractivity contribution in [3.05, 3.63) is 35.4 Å². The van der Waals surface area contributed by atoms with Crippen LogP contribution >= 0.6 is 0 Å². The molecule has 0 radical (unpaired) electrons. The summed E-state index contributed by atoms with van der Waals surface area (Å²) in [6.07, 6.45) is 1.04. The van der Waals surface area contributed by atoms with Crippen LogP contribution in [0.25, 0.3) is 0 Å². The lowest BCUT2D eigenvalue weighted by Gasteiger charge is -2.27. The molecule has 2 rings (SSSR count). The number of ether oxygens (including phenoxy) is 1. The summed E-state index contributed by atoms with van der Waals surface area (Å²) in [7, 11) is -3.46. The molecule has 0 aromatic heterocycles. The predicted octanol–water partition coefficient (Wildman–Crippen LogP) is 2.11. The highest BCUT2D eigenvalue weighted by molar-refractivity contribution is 7.87. The first-order valence-corrected chi connectivity index (χ1v) is 9.26. The second kappa shape index (κ2) is 7.55. The summed E-state index contributed by atoms with van der Waals surface area (Å²) in [6, 6.07) is 7.92. The summed E-state index contributed by atoms with van der Waals surface area (Å²) in [5.41, 5.74) is 2.26. The van der Waals surface area contributed by atoms with Gasteiger partial charge in [0.2, 0.25) is 0 Å². The van der Waals surface area contributed by atoms with E-state index in [0.29, 0.717) is 32.2 Å². The smallest absolute Gasteiger partial charge is 0.280 e. The molecule has 0 spiro atoms. The van der Waals surface area contributed by atoms with Gasteiger partial charge in [-0.15, -0.1) is 0 Å². The van der Waals surface area contributed by atoms with Gasteiger partial charge in [0.25, 0.3) is 10.2 Å². The Hall–Kier alpha value is -0.950. The number of benzene rings is 1. The molecule has 1 aliphatic rings. The minimum Gasteiger partial charge on any atom is -0.379 e. The van der Waals surface area contributed by atoms with Crippen molar-refractivity contribution in [3.8, 4) is 0 Å². The number of hydrogen-bond donors (Lipinski definition) is 1. The fourth-order valence-corrected chi connectivity index (χ4v) is 3.93. The van der Waals surface area contributed by atoms with E-state index in [1.165, 1.54) is 9.87 Å². The third-order valence-corrected chi connectivity index (χ3v) is 5.46. The zero-order valence-electron chi connectivity index (χ0n) is 13.6. The second-order valence-corrected chi connectivity index (χ2v) is 7.90.